The fourth-order valence-electron chi connectivity index (χ4n) is 5.68. The molecule has 0 saturated carbocycles. The highest BCUT2D eigenvalue weighted by atomic mass is 16.5. The fraction of sp³-hybridized carbons (Fsp3) is 0.730. The van der Waals surface area contributed by atoms with E-state index in [9.17, 15) is 29.4 Å². The second kappa shape index (κ2) is 27.2. The third-order valence-corrected chi connectivity index (χ3v) is 8.48. The van der Waals surface area contributed by atoms with Gasteiger partial charge in [-0.1, -0.05) is 147 Å². The van der Waals surface area contributed by atoms with Gasteiger partial charge in [0.05, 0.1) is 12.3 Å². The van der Waals surface area contributed by atoms with Crippen LogP contribution < -0.4 is 10.9 Å². The number of nitrogens with one attached hydrogen (secondary N) is 2. The molecular formula is C37H62N2O7. The fourth-order valence-corrected chi connectivity index (χ4v) is 5.68. The van der Waals surface area contributed by atoms with E-state index in [-0.39, 0.29) is 18.8 Å². The quantitative estimate of drug-likeness (QED) is 0.0373. The van der Waals surface area contributed by atoms with Crippen molar-refractivity contribution >= 4 is 23.8 Å². The zero-order chi connectivity index (χ0) is 33.8. The molecule has 4 N–H and O–H groups in total. The summed E-state index contributed by atoms with van der Waals surface area (Å²) in [4.78, 5) is 49.5. The third kappa shape index (κ3) is 21.0. The van der Waals surface area contributed by atoms with Gasteiger partial charge in [-0.15, -0.1) is 0 Å². The normalized spacial score (nSPS) is 13.1. The second-order valence-corrected chi connectivity index (χ2v) is 12.7. The van der Waals surface area contributed by atoms with Crippen molar-refractivity contribution in [2.75, 3.05) is 0 Å². The maximum atomic E-state index is 12.9. The first-order chi connectivity index (χ1) is 22.3. The molecular weight excluding hydrogens is 584 g/mol. The van der Waals surface area contributed by atoms with Crippen LogP contribution in [-0.2, 0) is 30.3 Å². The first-order valence-corrected chi connectivity index (χ1v) is 18.0. The first kappa shape index (κ1) is 41.1. The number of aliphatic carboxylic acids is 2. The van der Waals surface area contributed by atoms with Gasteiger partial charge in [-0.3, -0.25) is 24.6 Å². The van der Waals surface area contributed by atoms with E-state index in [0.29, 0.717) is 18.4 Å². The van der Waals surface area contributed by atoms with Gasteiger partial charge in [0.1, 0.15) is 12.1 Å². The largest absolute Gasteiger partial charge is 0.481 e. The second-order valence-electron chi connectivity index (χ2n) is 12.7. The number of unbranched alkanes of at least 4 members (excludes halogenated alkanes) is 16. The van der Waals surface area contributed by atoms with Gasteiger partial charge in [0, 0.05) is 6.42 Å². The minimum Gasteiger partial charge on any atom is -0.481 e. The number of carboxylic acids is 2. The number of hydrogen-bond donors (Lipinski definition) is 4. The molecule has 0 spiro atoms. The Hall–Kier alpha value is -2.94. The van der Waals surface area contributed by atoms with Crippen LogP contribution in [0.1, 0.15) is 154 Å². The molecule has 1 amide bonds. The summed E-state index contributed by atoms with van der Waals surface area (Å²) < 4.78 is 5.75. The van der Waals surface area contributed by atoms with Crippen molar-refractivity contribution < 1.29 is 34.1 Å². The van der Waals surface area contributed by atoms with Gasteiger partial charge in [-0.25, -0.2) is 5.43 Å². The number of hydrazine groups is 1. The summed E-state index contributed by atoms with van der Waals surface area (Å²) >= 11 is 0. The topological polar surface area (TPSA) is 142 Å². The molecule has 0 aromatic heterocycles. The summed E-state index contributed by atoms with van der Waals surface area (Å²) in [5.74, 6) is -4.85. The summed E-state index contributed by atoms with van der Waals surface area (Å²) in [7, 11) is 0. The van der Waals surface area contributed by atoms with Crippen LogP contribution in [0.2, 0.25) is 0 Å². The van der Waals surface area contributed by atoms with Crippen molar-refractivity contribution in [2.45, 2.75) is 167 Å². The lowest BCUT2D eigenvalue weighted by Crippen LogP contribution is -2.54. The lowest BCUT2D eigenvalue weighted by Gasteiger charge is -2.23. The van der Waals surface area contributed by atoms with Gasteiger partial charge >= 0.3 is 17.9 Å². The zero-order valence-electron chi connectivity index (χ0n) is 28.6. The summed E-state index contributed by atoms with van der Waals surface area (Å²) in [6.45, 7) is 4.42. The van der Waals surface area contributed by atoms with E-state index < -0.39 is 35.9 Å². The average Bonchev–Trinajstić information content (AvgIpc) is 3.03. The molecule has 262 valence electrons. The Balaban J connectivity index is 2.62. The van der Waals surface area contributed by atoms with E-state index in [1.807, 2.05) is 0 Å². The minimum absolute atomic E-state index is 0.0201. The number of amides is 1. The van der Waals surface area contributed by atoms with Crippen molar-refractivity contribution in [3.05, 3.63) is 35.9 Å². The predicted molar refractivity (Wildman–Crippen MR) is 182 cm³/mol. The van der Waals surface area contributed by atoms with E-state index in [1.54, 1.807) is 30.3 Å². The Morgan fingerprint density at radius 1 is 0.674 bits per heavy atom. The summed E-state index contributed by atoms with van der Waals surface area (Å²) in [6.07, 6.45) is 20.7. The number of esters is 1. The highest BCUT2D eigenvalue weighted by Crippen LogP contribution is 2.17. The Kier molecular flexibility index (Phi) is 24.3. The molecule has 0 bridgehead atoms. The van der Waals surface area contributed by atoms with Crippen LogP contribution in [0.5, 0.6) is 0 Å². The highest BCUT2D eigenvalue weighted by molar-refractivity contribution is 5.84. The van der Waals surface area contributed by atoms with Crippen molar-refractivity contribution in [1.29, 1.82) is 0 Å². The number of rotatable bonds is 30. The molecule has 0 radical (unpaired) electrons. The lowest BCUT2D eigenvalue weighted by atomic mass is 9.92. The maximum absolute atomic E-state index is 12.9. The first-order valence-electron chi connectivity index (χ1n) is 18.0. The maximum Gasteiger partial charge on any atom is 0.323 e. The minimum atomic E-state index is -1.55. The van der Waals surface area contributed by atoms with Crippen LogP contribution in [-0.4, -0.2) is 46.2 Å². The molecule has 46 heavy (non-hydrogen) atoms. The van der Waals surface area contributed by atoms with Crippen molar-refractivity contribution in [3.63, 3.8) is 0 Å². The van der Waals surface area contributed by atoms with Gasteiger partial charge < -0.3 is 14.9 Å². The molecule has 0 aliphatic carbocycles. The molecule has 3 atom stereocenters. The van der Waals surface area contributed by atoms with E-state index in [4.69, 9.17) is 4.74 Å². The van der Waals surface area contributed by atoms with Gasteiger partial charge in [-0.2, -0.15) is 0 Å². The Morgan fingerprint density at radius 2 is 1.17 bits per heavy atom. The molecule has 1 unspecified atom stereocenters. The van der Waals surface area contributed by atoms with Crippen molar-refractivity contribution in [2.24, 2.45) is 5.92 Å². The number of carbonyl (C=O) groups excluding carboxylic acids is 2. The molecule has 1 rings (SSSR count). The molecule has 1 aromatic rings. The van der Waals surface area contributed by atoms with Crippen molar-refractivity contribution in [3.8, 4) is 0 Å². The van der Waals surface area contributed by atoms with Crippen LogP contribution in [0, 0.1) is 5.92 Å². The van der Waals surface area contributed by atoms with Crippen LogP contribution in [0.3, 0.4) is 0 Å². The number of hydrogen-bond acceptors (Lipinski definition) is 6. The number of benzene rings is 1. The molecule has 0 saturated heterocycles. The predicted octanol–water partition coefficient (Wildman–Crippen LogP) is 8.15. The third-order valence-electron chi connectivity index (χ3n) is 8.48. The SMILES string of the molecule is CCCCCCCCCCCC(=O)O[C@H](CCCCCCCCCCC)CC(=O)NN[C@H](C(=O)O)C(Cc1ccccc1)C(=O)O. The zero-order valence-corrected chi connectivity index (χ0v) is 28.6. The molecule has 1 aromatic carbocycles. The molecule has 0 heterocycles. The van der Waals surface area contributed by atoms with E-state index in [2.05, 4.69) is 24.7 Å². The Morgan fingerprint density at radius 3 is 1.67 bits per heavy atom. The van der Waals surface area contributed by atoms with Gasteiger partial charge in [0.15, 0.2) is 0 Å². The molecule has 0 aliphatic rings. The summed E-state index contributed by atoms with van der Waals surface area (Å²) in [5, 5.41) is 19.5. The molecule has 9 nitrogen and oxygen atoms in total. The highest BCUT2D eigenvalue weighted by Gasteiger charge is 2.34. The van der Waals surface area contributed by atoms with E-state index in [0.717, 1.165) is 38.5 Å². The van der Waals surface area contributed by atoms with Gasteiger partial charge in [-0.05, 0) is 31.2 Å². The average molecular weight is 647 g/mol. The molecule has 9 heteroatoms. The Bertz CT molecular complexity index is 956. The monoisotopic (exact) mass is 646 g/mol. The van der Waals surface area contributed by atoms with Crippen LogP contribution in [0.4, 0.5) is 0 Å². The van der Waals surface area contributed by atoms with Gasteiger partial charge in [0.25, 0.3) is 0 Å². The standard InChI is InChI=1S/C37H62N2O7/c1-3-5-7-9-11-13-15-17-22-26-31(46-34(41)27-23-18-16-14-12-10-8-6-4-2)29-33(40)38-39-35(37(44)45)32(36(42)43)28-30-24-20-19-21-25-30/h19-21,24-25,31-32,35,39H,3-18,22-23,26-29H2,1-2H3,(H,38,40)(H,42,43)(H,44,45)/t31-,32?,35+/m1/s1. The smallest absolute Gasteiger partial charge is 0.323 e. The van der Waals surface area contributed by atoms with Crippen LogP contribution in [0.25, 0.3) is 0 Å². The van der Waals surface area contributed by atoms with Crippen LogP contribution in [0.15, 0.2) is 30.3 Å². The van der Waals surface area contributed by atoms with Crippen molar-refractivity contribution in [1.82, 2.24) is 10.9 Å². The summed E-state index contributed by atoms with van der Waals surface area (Å²) in [6, 6.07) is 7.21. The molecule has 0 fully saturated rings. The number of ether oxygens (including phenoxy) is 1. The Labute approximate surface area is 277 Å². The van der Waals surface area contributed by atoms with E-state index in [1.165, 1.54) is 77.0 Å². The lowest BCUT2D eigenvalue weighted by molar-refractivity contribution is -0.152. The number of carbonyl (C=O) groups is 4. The number of carboxylic acid groups (broad SMARTS) is 2. The molecule has 0 aliphatic heterocycles. The van der Waals surface area contributed by atoms with E-state index >= 15 is 0 Å². The summed E-state index contributed by atoms with van der Waals surface area (Å²) in [5.41, 5.74) is 5.49. The van der Waals surface area contributed by atoms with Gasteiger partial charge in [0.2, 0.25) is 5.91 Å². The van der Waals surface area contributed by atoms with Crippen LogP contribution >= 0.6 is 0 Å².